The monoisotopic (exact) mass is 249 g/mol. The van der Waals surface area contributed by atoms with Crippen LogP contribution in [-0.4, -0.2) is 40.2 Å². The van der Waals surface area contributed by atoms with Crippen LogP contribution >= 0.6 is 0 Å². The van der Waals surface area contributed by atoms with E-state index >= 15 is 0 Å². The SMILES string of the molecule is CC(O)(CN(CC(=O)O)C1CC1)c1ccccc1. The number of aliphatic hydroxyl groups is 1. The Balaban J connectivity index is 2.07. The molecule has 98 valence electrons. The average molecular weight is 249 g/mol. The first-order valence-corrected chi connectivity index (χ1v) is 6.23. The van der Waals surface area contributed by atoms with E-state index in [0.29, 0.717) is 12.6 Å². The van der Waals surface area contributed by atoms with E-state index in [1.165, 1.54) is 0 Å². The molecule has 2 rings (SSSR count). The van der Waals surface area contributed by atoms with Crippen molar-refractivity contribution < 1.29 is 15.0 Å². The van der Waals surface area contributed by atoms with Crippen molar-refractivity contribution in [1.29, 1.82) is 0 Å². The third-order valence-electron chi connectivity index (χ3n) is 3.31. The van der Waals surface area contributed by atoms with Crippen LogP contribution in [0.5, 0.6) is 0 Å². The molecule has 4 nitrogen and oxygen atoms in total. The predicted molar refractivity (Wildman–Crippen MR) is 68.2 cm³/mol. The molecule has 18 heavy (non-hydrogen) atoms. The van der Waals surface area contributed by atoms with Gasteiger partial charge in [-0.05, 0) is 25.3 Å². The van der Waals surface area contributed by atoms with Gasteiger partial charge in [-0.1, -0.05) is 30.3 Å². The minimum absolute atomic E-state index is 0.00630. The zero-order chi connectivity index (χ0) is 13.2. The number of benzene rings is 1. The topological polar surface area (TPSA) is 60.8 Å². The van der Waals surface area contributed by atoms with Crippen molar-refractivity contribution in [2.24, 2.45) is 0 Å². The molecule has 0 bridgehead atoms. The molecule has 0 aromatic heterocycles. The van der Waals surface area contributed by atoms with Gasteiger partial charge in [0.25, 0.3) is 0 Å². The van der Waals surface area contributed by atoms with Crippen LogP contribution < -0.4 is 0 Å². The zero-order valence-corrected chi connectivity index (χ0v) is 10.5. The van der Waals surface area contributed by atoms with Crippen molar-refractivity contribution in [3.8, 4) is 0 Å². The summed E-state index contributed by atoms with van der Waals surface area (Å²) < 4.78 is 0. The first kappa shape index (κ1) is 13.1. The summed E-state index contributed by atoms with van der Waals surface area (Å²) in [6.07, 6.45) is 2.05. The number of carboxylic acid groups (broad SMARTS) is 1. The fourth-order valence-corrected chi connectivity index (χ4v) is 2.21. The molecule has 1 atom stereocenters. The fourth-order valence-electron chi connectivity index (χ4n) is 2.21. The number of hydrogen-bond donors (Lipinski definition) is 2. The lowest BCUT2D eigenvalue weighted by Gasteiger charge is -2.31. The van der Waals surface area contributed by atoms with Gasteiger partial charge in [0.2, 0.25) is 0 Å². The molecule has 1 aliphatic carbocycles. The highest BCUT2D eigenvalue weighted by Crippen LogP contribution is 2.30. The first-order valence-electron chi connectivity index (χ1n) is 6.23. The van der Waals surface area contributed by atoms with E-state index in [1.807, 2.05) is 35.2 Å². The summed E-state index contributed by atoms with van der Waals surface area (Å²) in [6, 6.07) is 9.70. The van der Waals surface area contributed by atoms with Crippen LogP contribution in [0.1, 0.15) is 25.3 Å². The van der Waals surface area contributed by atoms with Gasteiger partial charge in [0.1, 0.15) is 0 Å². The van der Waals surface area contributed by atoms with Gasteiger partial charge >= 0.3 is 5.97 Å². The van der Waals surface area contributed by atoms with Gasteiger partial charge in [-0.3, -0.25) is 9.69 Å². The summed E-state index contributed by atoms with van der Waals surface area (Å²) in [6.45, 7) is 2.08. The lowest BCUT2D eigenvalue weighted by molar-refractivity contribution is -0.139. The molecule has 1 aromatic rings. The van der Waals surface area contributed by atoms with Crippen LogP contribution in [0.3, 0.4) is 0 Å². The normalized spacial score (nSPS) is 18.6. The van der Waals surface area contributed by atoms with Gasteiger partial charge in [-0.2, -0.15) is 0 Å². The molecule has 1 saturated carbocycles. The van der Waals surface area contributed by atoms with Crippen molar-refractivity contribution in [1.82, 2.24) is 4.90 Å². The van der Waals surface area contributed by atoms with Crippen LogP contribution in [0.2, 0.25) is 0 Å². The summed E-state index contributed by atoms with van der Waals surface area (Å²) in [5.41, 5.74) is -0.194. The summed E-state index contributed by atoms with van der Waals surface area (Å²) in [4.78, 5) is 12.7. The number of rotatable bonds is 6. The lowest BCUT2D eigenvalue weighted by atomic mass is 9.95. The largest absolute Gasteiger partial charge is 0.480 e. The molecule has 4 heteroatoms. The molecular formula is C14H19NO3. The molecule has 1 fully saturated rings. The Morgan fingerprint density at radius 1 is 1.39 bits per heavy atom. The summed E-state index contributed by atoms with van der Waals surface area (Å²) in [5.74, 6) is -0.842. The Labute approximate surface area is 107 Å². The lowest BCUT2D eigenvalue weighted by Crippen LogP contribution is -2.42. The molecule has 0 spiro atoms. The summed E-state index contributed by atoms with van der Waals surface area (Å²) >= 11 is 0. The Hall–Kier alpha value is -1.39. The highest BCUT2D eigenvalue weighted by atomic mass is 16.4. The fraction of sp³-hybridized carbons (Fsp3) is 0.500. The van der Waals surface area contributed by atoms with Crippen molar-refractivity contribution >= 4 is 5.97 Å². The number of carbonyl (C=O) groups is 1. The highest BCUT2D eigenvalue weighted by molar-refractivity contribution is 5.69. The molecule has 0 heterocycles. The van der Waals surface area contributed by atoms with E-state index in [9.17, 15) is 9.90 Å². The van der Waals surface area contributed by atoms with E-state index in [-0.39, 0.29) is 6.54 Å². The van der Waals surface area contributed by atoms with Gasteiger partial charge in [0.15, 0.2) is 0 Å². The van der Waals surface area contributed by atoms with Gasteiger partial charge in [-0.25, -0.2) is 0 Å². The molecule has 1 aromatic carbocycles. The summed E-state index contributed by atoms with van der Waals surface area (Å²) in [7, 11) is 0. The van der Waals surface area contributed by atoms with Crippen LogP contribution in [0.4, 0.5) is 0 Å². The number of aliphatic carboxylic acids is 1. The minimum atomic E-state index is -1.01. The second-order valence-electron chi connectivity index (χ2n) is 5.17. The van der Waals surface area contributed by atoms with Gasteiger partial charge in [0.05, 0.1) is 12.1 Å². The third-order valence-corrected chi connectivity index (χ3v) is 3.31. The van der Waals surface area contributed by atoms with E-state index in [4.69, 9.17) is 5.11 Å². The molecule has 0 amide bonds. The van der Waals surface area contributed by atoms with Crippen molar-refractivity contribution in [2.75, 3.05) is 13.1 Å². The molecular weight excluding hydrogens is 230 g/mol. The van der Waals surface area contributed by atoms with Crippen LogP contribution in [0.15, 0.2) is 30.3 Å². The maximum atomic E-state index is 10.8. The van der Waals surface area contributed by atoms with E-state index in [0.717, 1.165) is 18.4 Å². The van der Waals surface area contributed by atoms with E-state index < -0.39 is 11.6 Å². The Bertz CT molecular complexity index is 412. The van der Waals surface area contributed by atoms with Crippen LogP contribution in [0, 0.1) is 0 Å². The quantitative estimate of drug-likeness (QED) is 0.801. The first-order chi connectivity index (χ1) is 8.49. The highest BCUT2D eigenvalue weighted by Gasteiger charge is 2.35. The second-order valence-corrected chi connectivity index (χ2v) is 5.17. The number of hydrogen-bond acceptors (Lipinski definition) is 3. The molecule has 0 radical (unpaired) electrons. The van der Waals surface area contributed by atoms with Gasteiger partial charge < -0.3 is 10.2 Å². The molecule has 0 aliphatic heterocycles. The zero-order valence-electron chi connectivity index (χ0n) is 10.5. The molecule has 1 aliphatic rings. The maximum Gasteiger partial charge on any atom is 0.317 e. The Morgan fingerprint density at radius 2 is 2.00 bits per heavy atom. The molecule has 2 N–H and O–H groups in total. The number of nitrogens with zero attached hydrogens (tertiary/aromatic N) is 1. The average Bonchev–Trinajstić information content (AvgIpc) is 3.12. The predicted octanol–water partition coefficient (Wildman–Crippen LogP) is 1.44. The number of carboxylic acids is 1. The molecule has 1 unspecified atom stereocenters. The Morgan fingerprint density at radius 3 is 2.50 bits per heavy atom. The van der Waals surface area contributed by atoms with Crippen molar-refractivity contribution in [2.45, 2.75) is 31.4 Å². The van der Waals surface area contributed by atoms with Gasteiger partial charge in [0, 0.05) is 12.6 Å². The minimum Gasteiger partial charge on any atom is -0.480 e. The van der Waals surface area contributed by atoms with Crippen molar-refractivity contribution in [3.63, 3.8) is 0 Å². The van der Waals surface area contributed by atoms with Crippen LogP contribution in [0.25, 0.3) is 0 Å². The summed E-state index contributed by atoms with van der Waals surface area (Å²) in [5, 5.41) is 19.4. The maximum absolute atomic E-state index is 10.8. The third kappa shape index (κ3) is 3.31. The standard InChI is InChI=1S/C14H19NO3/c1-14(18,11-5-3-2-4-6-11)10-15(9-13(16)17)12-7-8-12/h2-6,12,18H,7-10H2,1H3,(H,16,17). The smallest absolute Gasteiger partial charge is 0.317 e. The van der Waals surface area contributed by atoms with Crippen LogP contribution in [-0.2, 0) is 10.4 Å². The van der Waals surface area contributed by atoms with E-state index in [1.54, 1.807) is 6.92 Å². The second kappa shape index (κ2) is 5.08. The van der Waals surface area contributed by atoms with Gasteiger partial charge in [-0.15, -0.1) is 0 Å². The van der Waals surface area contributed by atoms with Crippen molar-refractivity contribution in [3.05, 3.63) is 35.9 Å². The molecule has 0 saturated heterocycles. The van der Waals surface area contributed by atoms with E-state index in [2.05, 4.69) is 0 Å². The Kier molecular flexibility index (Phi) is 3.68.